The molecular weight excluding hydrogens is 278 g/mol. The Balaban J connectivity index is 1.75. The summed E-state index contributed by atoms with van der Waals surface area (Å²) in [5.41, 5.74) is 2.51. The monoisotopic (exact) mass is 295 g/mol. The molecule has 0 unspecified atom stereocenters. The van der Waals surface area contributed by atoms with E-state index in [2.05, 4.69) is 19.9 Å². The van der Waals surface area contributed by atoms with E-state index in [-0.39, 0.29) is 11.9 Å². The average Bonchev–Trinajstić information content (AvgIpc) is 2.98. The molecule has 1 atom stereocenters. The molecule has 0 aliphatic rings. The molecule has 0 bridgehead atoms. The molecule has 3 aromatic rings. The van der Waals surface area contributed by atoms with Crippen LogP contribution >= 0.6 is 0 Å². The Labute approximate surface area is 128 Å². The Morgan fingerprint density at radius 1 is 1.32 bits per heavy atom. The molecule has 112 valence electrons. The van der Waals surface area contributed by atoms with Gasteiger partial charge in [0.25, 0.3) is 5.91 Å². The number of aromatic nitrogens is 4. The number of H-pyrrole nitrogens is 1. The fraction of sp³-hybridized carbons (Fsp3) is 0.250. The first-order valence-corrected chi connectivity index (χ1v) is 7.12. The van der Waals surface area contributed by atoms with Crippen LogP contribution in [-0.2, 0) is 6.42 Å². The zero-order chi connectivity index (χ0) is 15.5. The number of benzene rings is 1. The van der Waals surface area contributed by atoms with Crippen molar-refractivity contribution >= 4 is 16.9 Å². The van der Waals surface area contributed by atoms with Crippen LogP contribution in [0.5, 0.6) is 0 Å². The molecule has 0 saturated heterocycles. The lowest BCUT2D eigenvalue weighted by Crippen LogP contribution is -2.37. The number of hydrogen-bond donors (Lipinski definition) is 1. The summed E-state index contributed by atoms with van der Waals surface area (Å²) in [6.45, 7) is 1.98. The number of aromatic amines is 1. The molecule has 2 aromatic heterocycles. The number of para-hydroxylation sites is 2. The summed E-state index contributed by atoms with van der Waals surface area (Å²) < 4.78 is 0. The van der Waals surface area contributed by atoms with Gasteiger partial charge in [-0.3, -0.25) is 14.8 Å². The lowest BCUT2D eigenvalue weighted by molar-refractivity contribution is 0.0732. The van der Waals surface area contributed by atoms with E-state index < -0.39 is 0 Å². The molecule has 22 heavy (non-hydrogen) atoms. The number of amides is 1. The van der Waals surface area contributed by atoms with E-state index in [1.165, 1.54) is 0 Å². The molecule has 2 heterocycles. The maximum atomic E-state index is 12.5. The van der Waals surface area contributed by atoms with Gasteiger partial charge in [-0.2, -0.15) is 0 Å². The lowest BCUT2D eigenvalue weighted by Gasteiger charge is -2.23. The summed E-state index contributed by atoms with van der Waals surface area (Å²) in [5.74, 6) is 0.224. The second-order valence-electron chi connectivity index (χ2n) is 5.27. The van der Waals surface area contributed by atoms with Gasteiger partial charge in [0.1, 0.15) is 0 Å². The number of hydrogen-bond acceptors (Lipinski definition) is 4. The minimum absolute atomic E-state index is 0.00240. The fourth-order valence-electron chi connectivity index (χ4n) is 2.30. The normalized spacial score (nSPS) is 12.3. The van der Waals surface area contributed by atoms with Crippen molar-refractivity contribution in [2.75, 3.05) is 7.05 Å². The van der Waals surface area contributed by atoms with Gasteiger partial charge in [0.15, 0.2) is 5.82 Å². The van der Waals surface area contributed by atoms with Crippen LogP contribution < -0.4 is 0 Å². The van der Waals surface area contributed by atoms with Crippen molar-refractivity contribution in [3.05, 3.63) is 54.4 Å². The molecule has 1 N–H and O–H groups in total. The molecule has 6 nitrogen and oxygen atoms in total. The zero-order valence-electron chi connectivity index (χ0n) is 12.5. The molecule has 3 rings (SSSR count). The fourth-order valence-corrected chi connectivity index (χ4v) is 2.30. The summed E-state index contributed by atoms with van der Waals surface area (Å²) >= 11 is 0. The Hall–Kier alpha value is -2.76. The average molecular weight is 295 g/mol. The molecular formula is C16H17N5O. The molecule has 0 aliphatic carbocycles. The van der Waals surface area contributed by atoms with Crippen molar-refractivity contribution < 1.29 is 4.79 Å². The molecule has 1 amide bonds. The van der Waals surface area contributed by atoms with Gasteiger partial charge in [0, 0.05) is 38.1 Å². The first-order chi connectivity index (χ1) is 10.6. The van der Waals surface area contributed by atoms with Crippen molar-refractivity contribution in [3.8, 4) is 0 Å². The standard InChI is InChI=1S/C16H17N5O/c1-11(9-12-10-17-7-8-18-12)21(2)16(22)15-19-13-5-3-4-6-14(13)20-15/h3-8,10-11H,9H2,1-2H3,(H,19,20)/t11-/m1/s1. The van der Waals surface area contributed by atoms with Crippen LogP contribution in [0, 0.1) is 0 Å². The number of carbonyl (C=O) groups is 1. The molecule has 0 fully saturated rings. The number of rotatable bonds is 4. The number of imidazole rings is 1. The predicted octanol–water partition coefficient (Wildman–Crippen LogP) is 2.06. The largest absolute Gasteiger partial charge is 0.336 e. The number of nitrogens with one attached hydrogen (secondary N) is 1. The van der Waals surface area contributed by atoms with E-state index in [4.69, 9.17) is 0 Å². The Morgan fingerprint density at radius 3 is 2.86 bits per heavy atom. The zero-order valence-corrected chi connectivity index (χ0v) is 12.5. The minimum atomic E-state index is -0.132. The molecule has 0 saturated carbocycles. The number of carbonyl (C=O) groups excluding carboxylic acids is 1. The molecule has 0 spiro atoms. The van der Waals surface area contributed by atoms with E-state index in [0.29, 0.717) is 12.2 Å². The highest BCUT2D eigenvalue weighted by molar-refractivity contribution is 5.94. The van der Waals surface area contributed by atoms with E-state index in [9.17, 15) is 4.79 Å². The molecule has 1 aromatic carbocycles. The van der Waals surface area contributed by atoms with Crippen molar-refractivity contribution in [2.45, 2.75) is 19.4 Å². The first-order valence-electron chi connectivity index (χ1n) is 7.12. The highest BCUT2D eigenvalue weighted by Crippen LogP contribution is 2.13. The Kier molecular flexibility index (Phi) is 3.82. The van der Waals surface area contributed by atoms with Gasteiger partial charge < -0.3 is 9.88 Å². The van der Waals surface area contributed by atoms with Gasteiger partial charge in [-0.25, -0.2) is 4.98 Å². The van der Waals surface area contributed by atoms with Crippen LogP contribution in [0.15, 0.2) is 42.9 Å². The molecule has 0 aliphatic heterocycles. The number of likely N-dealkylation sites (N-methyl/N-ethyl adjacent to an activating group) is 1. The highest BCUT2D eigenvalue weighted by Gasteiger charge is 2.21. The summed E-state index contributed by atoms with van der Waals surface area (Å²) in [5, 5.41) is 0. The van der Waals surface area contributed by atoms with Crippen LogP contribution in [-0.4, -0.2) is 43.8 Å². The van der Waals surface area contributed by atoms with Crippen molar-refractivity contribution in [2.24, 2.45) is 0 Å². The van der Waals surface area contributed by atoms with Crippen molar-refractivity contribution in [3.63, 3.8) is 0 Å². The van der Waals surface area contributed by atoms with Gasteiger partial charge in [0.05, 0.1) is 16.7 Å². The molecule has 0 radical (unpaired) electrons. The van der Waals surface area contributed by atoms with Crippen LogP contribution in [0.3, 0.4) is 0 Å². The van der Waals surface area contributed by atoms with E-state index in [0.717, 1.165) is 16.7 Å². The third kappa shape index (κ3) is 2.81. The second kappa shape index (κ2) is 5.93. The quantitative estimate of drug-likeness (QED) is 0.799. The predicted molar refractivity (Wildman–Crippen MR) is 83.4 cm³/mol. The first kappa shape index (κ1) is 14.2. The van der Waals surface area contributed by atoms with Crippen LogP contribution in [0.2, 0.25) is 0 Å². The molecule has 6 heteroatoms. The van der Waals surface area contributed by atoms with Crippen molar-refractivity contribution in [1.29, 1.82) is 0 Å². The third-order valence-electron chi connectivity index (χ3n) is 3.69. The topological polar surface area (TPSA) is 74.8 Å². The van der Waals surface area contributed by atoms with Crippen LogP contribution in [0.4, 0.5) is 0 Å². The highest BCUT2D eigenvalue weighted by atomic mass is 16.2. The van der Waals surface area contributed by atoms with Crippen LogP contribution in [0.1, 0.15) is 23.2 Å². The van der Waals surface area contributed by atoms with Crippen molar-refractivity contribution in [1.82, 2.24) is 24.8 Å². The number of fused-ring (bicyclic) bond motifs is 1. The summed E-state index contributed by atoms with van der Waals surface area (Å²) in [6.07, 6.45) is 5.66. The maximum absolute atomic E-state index is 12.5. The summed E-state index contributed by atoms with van der Waals surface area (Å²) in [4.78, 5) is 29.9. The van der Waals surface area contributed by atoms with Gasteiger partial charge in [0.2, 0.25) is 0 Å². The number of nitrogens with zero attached hydrogens (tertiary/aromatic N) is 4. The maximum Gasteiger partial charge on any atom is 0.289 e. The van der Waals surface area contributed by atoms with Gasteiger partial charge in [-0.05, 0) is 19.1 Å². The minimum Gasteiger partial charge on any atom is -0.336 e. The Bertz CT molecular complexity index is 750. The smallest absolute Gasteiger partial charge is 0.289 e. The van der Waals surface area contributed by atoms with E-state index in [1.54, 1.807) is 30.5 Å². The van der Waals surface area contributed by atoms with E-state index in [1.807, 2.05) is 31.2 Å². The lowest BCUT2D eigenvalue weighted by atomic mass is 10.1. The summed E-state index contributed by atoms with van der Waals surface area (Å²) in [7, 11) is 1.77. The van der Waals surface area contributed by atoms with Gasteiger partial charge >= 0.3 is 0 Å². The third-order valence-corrected chi connectivity index (χ3v) is 3.69. The van der Waals surface area contributed by atoms with E-state index >= 15 is 0 Å². The van der Waals surface area contributed by atoms with Gasteiger partial charge in [-0.15, -0.1) is 0 Å². The van der Waals surface area contributed by atoms with Crippen LogP contribution in [0.25, 0.3) is 11.0 Å². The second-order valence-corrected chi connectivity index (χ2v) is 5.27. The Morgan fingerprint density at radius 2 is 2.14 bits per heavy atom. The SMILES string of the molecule is C[C@H](Cc1cnccn1)N(C)C(=O)c1nc2ccccc2[nH]1. The summed E-state index contributed by atoms with van der Waals surface area (Å²) in [6, 6.07) is 7.60. The van der Waals surface area contributed by atoms with Gasteiger partial charge in [-0.1, -0.05) is 12.1 Å².